The van der Waals surface area contributed by atoms with Gasteiger partial charge in [0, 0.05) is 18.3 Å². The van der Waals surface area contributed by atoms with Crippen LogP contribution in [-0.4, -0.2) is 25.5 Å². The van der Waals surface area contributed by atoms with Crippen LogP contribution in [0.2, 0.25) is 10.0 Å². The summed E-state index contributed by atoms with van der Waals surface area (Å²) in [6, 6.07) is 9.19. The summed E-state index contributed by atoms with van der Waals surface area (Å²) >= 11 is 12.3. The minimum absolute atomic E-state index is 0.299. The third-order valence-corrected chi connectivity index (χ3v) is 4.12. The van der Waals surface area contributed by atoms with Gasteiger partial charge in [0.2, 0.25) is 0 Å². The Balaban J connectivity index is 1.78. The van der Waals surface area contributed by atoms with Crippen molar-refractivity contribution in [2.75, 3.05) is 5.32 Å². The number of anilines is 1. The van der Waals surface area contributed by atoms with E-state index in [4.69, 9.17) is 23.2 Å². The number of nitrogens with one attached hydrogen (secondary N) is 1. The molecule has 0 aliphatic carbocycles. The molecule has 0 aliphatic rings. The normalized spacial score (nSPS) is 10.8. The zero-order valence-electron chi connectivity index (χ0n) is 13.1. The van der Waals surface area contributed by atoms with Crippen molar-refractivity contribution >= 4 is 34.9 Å². The van der Waals surface area contributed by atoms with Gasteiger partial charge in [0.25, 0.3) is 5.91 Å². The first-order valence-electron chi connectivity index (χ1n) is 7.22. The van der Waals surface area contributed by atoms with Gasteiger partial charge >= 0.3 is 0 Å². The number of carbonyl (C=O) groups excluding carboxylic acids is 1. The van der Waals surface area contributed by atoms with Crippen LogP contribution in [0.25, 0.3) is 0 Å². The Bertz CT molecular complexity index is 900. The highest BCUT2D eigenvalue weighted by Crippen LogP contribution is 2.22. The molecule has 24 heavy (non-hydrogen) atoms. The molecule has 0 aliphatic heterocycles. The molecular weight excluding hydrogens is 349 g/mol. The number of rotatable bonds is 4. The molecule has 0 radical (unpaired) electrons. The SMILES string of the molecule is Cc1cc(C(=O)Nc2nn(Cc3ccccc3Cl)cc2Cl)n(C)n1. The molecular formula is C16H15Cl2N5O. The average Bonchev–Trinajstić information content (AvgIpc) is 3.04. The fraction of sp³-hybridized carbons (Fsp3) is 0.188. The zero-order valence-corrected chi connectivity index (χ0v) is 14.6. The molecule has 3 aromatic rings. The summed E-state index contributed by atoms with van der Waals surface area (Å²) in [7, 11) is 1.71. The second kappa shape index (κ2) is 6.67. The number of carbonyl (C=O) groups is 1. The number of aromatic nitrogens is 4. The van der Waals surface area contributed by atoms with E-state index in [0.717, 1.165) is 11.3 Å². The summed E-state index contributed by atoms with van der Waals surface area (Å²) in [6.45, 7) is 2.28. The maximum atomic E-state index is 12.3. The Morgan fingerprint density at radius 2 is 1.96 bits per heavy atom. The number of hydrogen-bond acceptors (Lipinski definition) is 3. The van der Waals surface area contributed by atoms with E-state index in [-0.39, 0.29) is 5.91 Å². The van der Waals surface area contributed by atoms with Gasteiger partial charge in [0.1, 0.15) is 10.7 Å². The van der Waals surface area contributed by atoms with Crippen LogP contribution in [0.5, 0.6) is 0 Å². The topological polar surface area (TPSA) is 64.7 Å². The molecule has 0 unspecified atom stereocenters. The van der Waals surface area contributed by atoms with Crippen molar-refractivity contribution in [2.24, 2.45) is 7.05 Å². The van der Waals surface area contributed by atoms with Crippen molar-refractivity contribution in [2.45, 2.75) is 13.5 Å². The number of halogens is 2. The van der Waals surface area contributed by atoms with Crippen LogP contribution in [0.1, 0.15) is 21.7 Å². The second-order valence-electron chi connectivity index (χ2n) is 5.36. The van der Waals surface area contributed by atoms with Crippen molar-refractivity contribution in [3.63, 3.8) is 0 Å². The highest BCUT2D eigenvalue weighted by atomic mass is 35.5. The van der Waals surface area contributed by atoms with Crippen LogP contribution in [0.4, 0.5) is 5.82 Å². The van der Waals surface area contributed by atoms with Crippen LogP contribution in [0, 0.1) is 6.92 Å². The van der Waals surface area contributed by atoms with Gasteiger partial charge in [-0.25, -0.2) is 0 Å². The minimum Gasteiger partial charge on any atom is -0.302 e. The summed E-state index contributed by atoms with van der Waals surface area (Å²) in [5.74, 6) is -0.0180. The molecule has 0 saturated heterocycles. The quantitative estimate of drug-likeness (QED) is 0.770. The Morgan fingerprint density at radius 1 is 1.21 bits per heavy atom. The third-order valence-electron chi connectivity index (χ3n) is 3.47. The van der Waals surface area contributed by atoms with Gasteiger partial charge in [-0.15, -0.1) is 0 Å². The number of amides is 1. The second-order valence-corrected chi connectivity index (χ2v) is 6.18. The standard InChI is InChI=1S/C16H15Cl2N5O/c1-10-7-14(22(2)20-10)16(24)19-15-13(18)9-23(21-15)8-11-5-3-4-6-12(11)17/h3-7,9H,8H2,1-2H3,(H,19,21,24). The van der Waals surface area contributed by atoms with E-state index in [9.17, 15) is 4.79 Å². The van der Waals surface area contributed by atoms with E-state index in [1.54, 1.807) is 24.0 Å². The first-order chi connectivity index (χ1) is 11.4. The van der Waals surface area contributed by atoms with Crippen LogP contribution in [-0.2, 0) is 13.6 Å². The number of nitrogens with zero attached hydrogens (tertiary/aromatic N) is 4. The summed E-state index contributed by atoms with van der Waals surface area (Å²) in [4.78, 5) is 12.3. The Labute approximate surface area is 149 Å². The molecule has 1 amide bonds. The molecule has 8 heteroatoms. The Hall–Kier alpha value is -2.31. The zero-order chi connectivity index (χ0) is 17.3. The fourth-order valence-corrected chi connectivity index (χ4v) is 2.75. The van der Waals surface area contributed by atoms with Crippen molar-refractivity contribution in [1.82, 2.24) is 19.6 Å². The molecule has 0 atom stereocenters. The van der Waals surface area contributed by atoms with Crippen LogP contribution in [0.15, 0.2) is 36.5 Å². The number of aryl methyl sites for hydroxylation is 2. The molecule has 0 fully saturated rings. The highest BCUT2D eigenvalue weighted by Gasteiger charge is 2.16. The van der Waals surface area contributed by atoms with E-state index in [2.05, 4.69) is 15.5 Å². The van der Waals surface area contributed by atoms with Crippen molar-refractivity contribution in [3.05, 3.63) is 63.5 Å². The van der Waals surface area contributed by atoms with Gasteiger partial charge < -0.3 is 5.32 Å². The molecule has 6 nitrogen and oxygen atoms in total. The predicted octanol–water partition coefficient (Wildman–Crippen LogP) is 3.53. The molecule has 124 valence electrons. The molecule has 2 heterocycles. The highest BCUT2D eigenvalue weighted by molar-refractivity contribution is 6.33. The first kappa shape index (κ1) is 16.5. The number of hydrogen-bond donors (Lipinski definition) is 1. The molecule has 3 rings (SSSR count). The molecule has 1 N–H and O–H groups in total. The minimum atomic E-state index is -0.317. The molecule has 0 bridgehead atoms. The van der Waals surface area contributed by atoms with Gasteiger partial charge in [-0.1, -0.05) is 41.4 Å². The smallest absolute Gasteiger partial charge is 0.275 e. The first-order valence-corrected chi connectivity index (χ1v) is 7.98. The molecule has 2 aromatic heterocycles. The summed E-state index contributed by atoms with van der Waals surface area (Å²) in [5, 5.41) is 12.2. The van der Waals surface area contributed by atoms with Crippen molar-refractivity contribution in [3.8, 4) is 0 Å². The Morgan fingerprint density at radius 3 is 2.62 bits per heavy atom. The van der Waals surface area contributed by atoms with E-state index in [1.165, 1.54) is 4.68 Å². The molecule has 1 aromatic carbocycles. The Kier molecular flexibility index (Phi) is 4.59. The lowest BCUT2D eigenvalue weighted by Crippen LogP contribution is -2.16. The summed E-state index contributed by atoms with van der Waals surface area (Å²) < 4.78 is 3.15. The van der Waals surface area contributed by atoms with Crippen LogP contribution >= 0.6 is 23.2 Å². The lowest BCUT2D eigenvalue weighted by atomic mass is 10.2. The lowest BCUT2D eigenvalue weighted by Gasteiger charge is -2.04. The van der Waals surface area contributed by atoms with Crippen molar-refractivity contribution < 1.29 is 4.79 Å². The van der Waals surface area contributed by atoms with E-state index in [0.29, 0.717) is 28.1 Å². The maximum Gasteiger partial charge on any atom is 0.275 e. The summed E-state index contributed by atoms with van der Waals surface area (Å²) in [6.07, 6.45) is 1.65. The monoisotopic (exact) mass is 363 g/mol. The molecule has 0 spiro atoms. The van der Waals surface area contributed by atoms with Crippen LogP contribution < -0.4 is 5.32 Å². The van der Waals surface area contributed by atoms with Gasteiger partial charge in [0.05, 0.1) is 12.2 Å². The predicted molar refractivity (Wildman–Crippen MR) is 93.7 cm³/mol. The average molecular weight is 364 g/mol. The van der Waals surface area contributed by atoms with Gasteiger partial charge in [-0.3, -0.25) is 14.2 Å². The lowest BCUT2D eigenvalue weighted by molar-refractivity contribution is 0.101. The van der Waals surface area contributed by atoms with E-state index < -0.39 is 0 Å². The van der Waals surface area contributed by atoms with Crippen molar-refractivity contribution in [1.29, 1.82) is 0 Å². The third kappa shape index (κ3) is 3.44. The van der Waals surface area contributed by atoms with Gasteiger partial charge in [-0.05, 0) is 24.6 Å². The van der Waals surface area contributed by atoms with Crippen LogP contribution in [0.3, 0.4) is 0 Å². The fourth-order valence-electron chi connectivity index (χ4n) is 2.36. The largest absolute Gasteiger partial charge is 0.302 e. The summed E-state index contributed by atoms with van der Waals surface area (Å²) in [5.41, 5.74) is 2.11. The van der Waals surface area contributed by atoms with E-state index in [1.807, 2.05) is 31.2 Å². The van der Waals surface area contributed by atoms with Gasteiger partial charge in [-0.2, -0.15) is 10.2 Å². The molecule has 0 saturated carbocycles. The van der Waals surface area contributed by atoms with E-state index >= 15 is 0 Å². The maximum absolute atomic E-state index is 12.3. The van der Waals surface area contributed by atoms with Gasteiger partial charge in [0.15, 0.2) is 5.82 Å². The number of benzene rings is 1.